The molecule has 12 heavy (non-hydrogen) atoms. The summed E-state index contributed by atoms with van der Waals surface area (Å²) in [6, 6.07) is 7.86. The van der Waals surface area contributed by atoms with E-state index in [1.807, 2.05) is 24.3 Å². The average Bonchev–Trinajstić information content (AvgIpc) is 2.14. The lowest BCUT2D eigenvalue weighted by Gasteiger charge is -1.98. The molecule has 0 radical (unpaired) electrons. The van der Waals surface area contributed by atoms with Gasteiger partial charge in [0.15, 0.2) is 0 Å². The average molecular weight is 161 g/mol. The van der Waals surface area contributed by atoms with Gasteiger partial charge in [-0.2, -0.15) is 5.26 Å². The van der Waals surface area contributed by atoms with Gasteiger partial charge in [0.05, 0.1) is 12.6 Å². The molecule has 1 rings (SSSR count). The molecule has 0 spiro atoms. The zero-order chi connectivity index (χ0) is 8.65. The number of nitriles is 1. The Balaban J connectivity index is 2.21. The molecule has 0 aliphatic rings. The van der Waals surface area contributed by atoms with Crippen LogP contribution in [0, 0.1) is 11.3 Å². The van der Waals surface area contributed by atoms with Gasteiger partial charge < -0.3 is 5.32 Å². The lowest BCUT2D eigenvalue weighted by atomic mass is 10.3. The standard InChI is InChI=1S/C9H11N3/c10-5-8-11-7-4-9-3-1-2-6-12-9/h1-3,6,11H,4,7-8H2. The quantitative estimate of drug-likeness (QED) is 0.523. The number of nitrogens with one attached hydrogen (secondary N) is 1. The second-order valence-corrected chi connectivity index (χ2v) is 2.41. The van der Waals surface area contributed by atoms with E-state index in [0.717, 1.165) is 18.7 Å². The monoisotopic (exact) mass is 161 g/mol. The first-order chi connectivity index (χ1) is 5.93. The van der Waals surface area contributed by atoms with E-state index in [1.54, 1.807) is 6.20 Å². The van der Waals surface area contributed by atoms with Crippen molar-refractivity contribution in [2.24, 2.45) is 0 Å². The fourth-order valence-electron chi connectivity index (χ4n) is 0.907. The SMILES string of the molecule is N#CCNCCc1ccccn1. The Morgan fingerprint density at radius 3 is 3.08 bits per heavy atom. The van der Waals surface area contributed by atoms with Gasteiger partial charge in [0, 0.05) is 24.9 Å². The zero-order valence-electron chi connectivity index (χ0n) is 6.83. The summed E-state index contributed by atoms with van der Waals surface area (Å²) < 4.78 is 0. The number of aromatic nitrogens is 1. The van der Waals surface area contributed by atoms with Crippen LogP contribution in [0.15, 0.2) is 24.4 Å². The molecule has 0 fully saturated rings. The van der Waals surface area contributed by atoms with Gasteiger partial charge in [0.25, 0.3) is 0 Å². The summed E-state index contributed by atoms with van der Waals surface area (Å²) in [5, 5.41) is 11.2. The summed E-state index contributed by atoms with van der Waals surface area (Å²) in [6.45, 7) is 1.22. The van der Waals surface area contributed by atoms with Crippen molar-refractivity contribution in [2.45, 2.75) is 6.42 Å². The van der Waals surface area contributed by atoms with Crippen LogP contribution in [0.4, 0.5) is 0 Å². The van der Waals surface area contributed by atoms with Crippen molar-refractivity contribution in [3.63, 3.8) is 0 Å². The van der Waals surface area contributed by atoms with Crippen LogP contribution in [0.3, 0.4) is 0 Å². The normalized spacial score (nSPS) is 9.25. The fourth-order valence-corrected chi connectivity index (χ4v) is 0.907. The molecule has 1 aromatic heterocycles. The molecule has 0 atom stereocenters. The highest BCUT2D eigenvalue weighted by atomic mass is 14.8. The highest BCUT2D eigenvalue weighted by Crippen LogP contribution is 1.92. The van der Waals surface area contributed by atoms with Gasteiger partial charge >= 0.3 is 0 Å². The lowest BCUT2D eigenvalue weighted by Crippen LogP contribution is -2.17. The highest BCUT2D eigenvalue weighted by molar-refractivity contribution is 5.03. The molecule has 0 bridgehead atoms. The first kappa shape index (κ1) is 8.69. The molecule has 1 heterocycles. The summed E-state index contributed by atoms with van der Waals surface area (Å²) in [7, 11) is 0. The molecule has 1 aromatic rings. The van der Waals surface area contributed by atoms with E-state index < -0.39 is 0 Å². The van der Waals surface area contributed by atoms with Crippen molar-refractivity contribution >= 4 is 0 Å². The maximum absolute atomic E-state index is 8.24. The molecule has 0 unspecified atom stereocenters. The van der Waals surface area contributed by atoms with Gasteiger partial charge in [-0.3, -0.25) is 4.98 Å². The second-order valence-electron chi connectivity index (χ2n) is 2.41. The van der Waals surface area contributed by atoms with E-state index in [-0.39, 0.29) is 0 Å². The summed E-state index contributed by atoms with van der Waals surface area (Å²) >= 11 is 0. The van der Waals surface area contributed by atoms with E-state index in [9.17, 15) is 0 Å². The van der Waals surface area contributed by atoms with Crippen molar-refractivity contribution in [1.29, 1.82) is 5.26 Å². The van der Waals surface area contributed by atoms with Crippen LogP contribution >= 0.6 is 0 Å². The minimum absolute atomic E-state index is 0.410. The number of pyridine rings is 1. The van der Waals surface area contributed by atoms with Crippen LogP contribution in [0.5, 0.6) is 0 Å². The minimum Gasteiger partial charge on any atom is -0.304 e. The van der Waals surface area contributed by atoms with Crippen LogP contribution in [-0.2, 0) is 6.42 Å². The van der Waals surface area contributed by atoms with Crippen molar-refractivity contribution in [2.75, 3.05) is 13.1 Å². The maximum Gasteiger partial charge on any atom is 0.0841 e. The Labute approximate surface area is 72.1 Å². The molecular formula is C9H11N3. The Morgan fingerprint density at radius 1 is 1.50 bits per heavy atom. The molecule has 0 saturated carbocycles. The molecule has 3 nitrogen and oxygen atoms in total. The van der Waals surface area contributed by atoms with Crippen LogP contribution < -0.4 is 5.32 Å². The summed E-state index contributed by atoms with van der Waals surface area (Å²) in [4.78, 5) is 4.15. The van der Waals surface area contributed by atoms with Crippen molar-refractivity contribution in [3.8, 4) is 6.07 Å². The molecule has 1 N–H and O–H groups in total. The molecule has 0 aromatic carbocycles. The van der Waals surface area contributed by atoms with E-state index in [1.165, 1.54) is 0 Å². The van der Waals surface area contributed by atoms with Crippen LogP contribution in [0.25, 0.3) is 0 Å². The van der Waals surface area contributed by atoms with Gasteiger partial charge in [0.1, 0.15) is 0 Å². The maximum atomic E-state index is 8.24. The molecule has 62 valence electrons. The summed E-state index contributed by atoms with van der Waals surface area (Å²) in [5.74, 6) is 0. The summed E-state index contributed by atoms with van der Waals surface area (Å²) in [6.07, 6.45) is 2.65. The number of nitrogens with zero attached hydrogens (tertiary/aromatic N) is 2. The van der Waals surface area contributed by atoms with E-state index in [2.05, 4.69) is 10.3 Å². The number of rotatable bonds is 4. The van der Waals surface area contributed by atoms with Gasteiger partial charge in [-0.05, 0) is 12.1 Å². The predicted octanol–water partition coefficient (Wildman–Crippen LogP) is 0.737. The Bertz CT molecular complexity index is 250. The molecule has 0 amide bonds. The number of hydrogen-bond acceptors (Lipinski definition) is 3. The third kappa shape index (κ3) is 3.13. The lowest BCUT2D eigenvalue weighted by molar-refractivity contribution is 0.738. The van der Waals surface area contributed by atoms with Gasteiger partial charge in [-0.1, -0.05) is 6.07 Å². The highest BCUT2D eigenvalue weighted by Gasteiger charge is 1.90. The molecule has 0 aliphatic heterocycles. The van der Waals surface area contributed by atoms with Crippen molar-refractivity contribution in [1.82, 2.24) is 10.3 Å². The van der Waals surface area contributed by atoms with Crippen LogP contribution in [-0.4, -0.2) is 18.1 Å². The van der Waals surface area contributed by atoms with Crippen LogP contribution in [0.2, 0.25) is 0 Å². The van der Waals surface area contributed by atoms with Gasteiger partial charge in [-0.15, -0.1) is 0 Å². The third-order valence-electron chi connectivity index (χ3n) is 1.49. The molecular weight excluding hydrogens is 150 g/mol. The predicted molar refractivity (Wildman–Crippen MR) is 46.4 cm³/mol. The third-order valence-corrected chi connectivity index (χ3v) is 1.49. The van der Waals surface area contributed by atoms with Crippen molar-refractivity contribution in [3.05, 3.63) is 30.1 Å². The number of hydrogen-bond donors (Lipinski definition) is 1. The molecule has 0 aliphatic carbocycles. The van der Waals surface area contributed by atoms with E-state index in [4.69, 9.17) is 5.26 Å². The minimum atomic E-state index is 0.410. The van der Waals surface area contributed by atoms with Gasteiger partial charge in [-0.25, -0.2) is 0 Å². The Morgan fingerprint density at radius 2 is 2.42 bits per heavy atom. The van der Waals surface area contributed by atoms with Crippen LogP contribution in [0.1, 0.15) is 5.69 Å². The fraction of sp³-hybridized carbons (Fsp3) is 0.333. The topological polar surface area (TPSA) is 48.7 Å². The zero-order valence-corrected chi connectivity index (χ0v) is 6.83. The first-order valence-corrected chi connectivity index (χ1v) is 3.91. The van der Waals surface area contributed by atoms with E-state index in [0.29, 0.717) is 6.54 Å². The largest absolute Gasteiger partial charge is 0.304 e. The Hall–Kier alpha value is -1.40. The molecule has 3 heteroatoms. The molecule has 0 saturated heterocycles. The van der Waals surface area contributed by atoms with E-state index >= 15 is 0 Å². The summed E-state index contributed by atoms with van der Waals surface area (Å²) in [5.41, 5.74) is 1.06. The van der Waals surface area contributed by atoms with Crippen molar-refractivity contribution < 1.29 is 0 Å². The van der Waals surface area contributed by atoms with Gasteiger partial charge in [0.2, 0.25) is 0 Å². The first-order valence-electron chi connectivity index (χ1n) is 3.91. The second kappa shape index (κ2) is 5.28. The smallest absolute Gasteiger partial charge is 0.0841 e. The Kier molecular flexibility index (Phi) is 3.82.